The zero-order valence-corrected chi connectivity index (χ0v) is 14.4. The zero-order valence-electron chi connectivity index (χ0n) is 13.6. The van der Waals surface area contributed by atoms with E-state index in [4.69, 9.17) is 4.74 Å². The minimum absolute atomic E-state index is 0.00374. The highest BCUT2D eigenvalue weighted by Crippen LogP contribution is 2.42. The fraction of sp³-hybridized carbons (Fsp3) is 0.529. The second-order valence-electron chi connectivity index (χ2n) is 5.96. The van der Waals surface area contributed by atoms with Crippen LogP contribution in [-0.2, 0) is 14.3 Å². The van der Waals surface area contributed by atoms with E-state index in [1.165, 1.54) is 23.9 Å². The first-order valence-corrected chi connectivity index (χ1v) is 9.07. The summed E-state index contributed by atoms with van der Waals surface area (Å²) in [7, 11) is 0. The minimum atomic E-state index is -0.315. The van der Waals surface area contributed by atoms with Crippen molar-refractivity contribution < 1.29 is 18.7 Å². The molecular weight excluding hydrogens is 331 g/mol. The third kappa shape index (κ3) is 3.72. The van der Waals surface area contributed by atoms with Gasteiger partial charge in [-0.05, 0) is 24.6 Å². The summed E-state index contributed by atoms with van der Waals surface area (Å²) in [5, 5.41) is -0.419. The number of hydrogen-bond acceptors (Lipinski definition) is 4. The van der Waals surface area contributed by atoms with Gasteiger partial charge in [0, 0.05) is 26.1 Å². The van der Waals surface area contributed by atoms with Crippen molar-refractivity contribution in [2.24, 2.45) is 0 Å². The summed E-state index contributed by atoms with van der Waals surface area (Å²) in [6.45, 7) is 4.54. The van der Waals surface area contributed by atoms with Gasteiger partial charge in [-0.25, -0.2) is 4.39 Å². The highest BCUT2D eigenvalue weighted by atomic mass is 32.2. The first-order valence-electron chi connectivity index (χ1n) is 8.13. The third-order valence-electron chi connectivity index (χ3n) is 4.31. The maximum Gasteiger partial charge on any atom is 0.236 e. The number of hydrogen-bond donors (Lipinski definition) is 0. The number of thioether (sulfide) groups is 1. The lowest BCUT2D eigenvalue weighted by Crippen LogP contribution is -2.42. The lowest BCUT2D eigenvalue weighted by atomic mass is 10.2. The van der Waals surface area contributed by atoms with Crippen molar-refractivity contribution in [1.29, 1.82) is 0 Å². The van der Waals surface area contributed by atoms with E-state index in [0.29, 0.717) is 32.8 Å². The van der Waals surface area contributed by atoms with E-state index in [-0.39, 0.29) is 34.7 Å². The Kier molecular flexibility index (Phi) is 5.40. The SMILES string of the molecule is C[C@@H]1S[C@H](c2cccc(F)c2)N(CCC(=O)N2CCOCC2)C1=O. The van der Waals surface area contributed by atoms with Gasteiger partial charge in [0.05, 0.1) is 18.5 Å². The van der Waals surface area contributed by atoms with Crippen molar-refractivity contribution >= 4 is 23.6 Å². The van der Waals surface area contributed by atoms with Crippen LogP contribution in [-0.4, -0.2) is 59.7 Å². The molecule has 3 rings (SSSR count). The van der Waals surface area contributed by atoms with Gasteiger partial charge < -0.3 is 14.5 Å². The summed E-state index contributed by atoms with van der Waals surface area (Å²) in [5.41, 5.74) is 0.761. The molecule has 5 nitrogen and oxygen atoms in total. The van der Waals surface area contributed by atoms with Gasteiger partial charge >= 0.3 is 0 Å². The highest BCUT2D eigenvalue weighted by molar-refractivity contribution is 8.01. The first kappa shape index (κ1) is 17.2. The van der Waals surface area contributed by atoms with Gasteiger partial charge in [-0.15, -0.1) is 11.8 Å². The van der Waals surface area contributed by atoms with Crippen LogP contribution in [0.1, 0.15) is 24.3 Å². The quantitative estimate of drug-likeness (QED) is 0.832. The number of ether oxygens (including phenoxy) is 1. The Hall–Kier alpha value is -1.60. The molecule has 130 valence electrons. The summed E-state index contributed by atoms with van der Waals surface area (Å²) in [5.74, 6) is -0.276. The largest absolute Gasteiger partial charge is 0.378 e. The van der Waals surface area contributed by atoms with Crippen molar-refractivity contribution in [3.8, 4) is 0 Å². The minimum Gasteiger partial charge on any atom is -0.378 e. The van der Waals surface area contributed by atoms with E-state index >= 15 is 0 Å². The van der Waals surface area contributed by atoms with Crippen LogP contribution in [0.2, 0.25) is 0 Å². The fourth-order valence-corrected chi connectivity index (χ4v) is 4.31. The Morgan fingerprint density at radius 2 is 2.12 bits per heavy atom. The maximum atomic E-state index is 13.5. The molecule has 0 aromatic heterocycles. The zero-order chi connectivity index (χ0) is 17.1. The van der Waals surface area contributed by atoms with Crippen LogP contribution in [0.5, 0.6) is 0 Å². The Balaban J connectivity index is 1.67. The van der Waals surface area contributed by atoms with E-state index in [9.17, 15) is 14.0 Å². The molecule has 2 heterocycles. The lowest BCUT2D eigenvalue weighted by molar-refractivity contribution is -0.136. The van der Waals surface area contributed by atoms with Crippen molar-refractivity contribution in [3.63, 3.8) is 0 Å². The topological polar surface area (TPSA) is 49.9 Å². The number of carbonyl (C=O) groups is 2. The number of halogens is 1. The van der Waals surface area contributed by atoms with Crippen LogP contribution in [0, 0.1) is 5.82 Å². The number of amides is 2. The van der Waals surface area contributed by atoms with E-state index in [0.717, 1.165) is 5.56 Å². The Bertz CT molecular complexity index is 622. The Morgan fingerprint density at radius 1 is 1.38 bits per heavy atom. The Labute approximate surface area is 145 Å². The average molecular weight is 352 g/mol. The Morgan fingerprint density at radius 3 is 2.83 bits per heavy atom. The lowest BCUT2D eigenvalue weighted by Gasteiger charge is -2.29. The molecule has 2 fully saturated rings. The average Bonchev–Trinajstić information content (AvgIpc) is 2.88. The fourth-order valence-electron chi connectivity index (χ4n) is 3.01. The van der Waals surface area contributed by atoms with E-state index in [1.54, 1.807) is 15.9 Å². The molecule has 0 bridgehead atoms. The molecule has 2 saturated heterocycles. The molecule has 0 spiro atoms. The van der Waals surface area contributed by atoms with Gasteiger partial charge in [0.25, 0.3) is 0 Å². The van der Waals surface area contributed by atoms with Crippen LogP contribution >= 0.6 is 11.8 Å². The first-order chi connectivity index (χ1) is 11.6. The van der Waals surface area contributed by atoms with Crippen LogP contribution in [0.4, 0.5) is 4.39 Å². The summed E-state index contributed by atoms with van der Waals surface area (Å²) >= 11 is 1.50. The van der Waals surface area contributed by atoms with Gasteiger partial charge in [0.2, 0.25) is 11.8 Å². The van der Waals surface area contributed by atoms with E-state index < -0.39 is 0 Å². The number of rotatable bonds is 4. The van der Waals surface area contributed by atoms with Crippen molar-refractivity contribution in [3.05, 3.63) is 35.6 Å². The third-order valence-corrected chi connectivity index (χ3v) is 5.71. The second kappa shape index (κ2) is 7.53. The molecule has 0 saturated carbocycles. The summed E-state index contributed by atoms with van der Waals surface area (Å²) < 4.78 is 18.8. The molecule has 2 aliphatic rings. The summed E-state index contributed by atoms with van der Waals surface area (Å²) in [4.78, 5) is 28.2. The molecule has 0 N–H and O–H groups in total. The number of carbonyl (C=O) groups excluding carboxylic acids is 2. The van der Waals surface area contributed by atoms with Gasteiger partial charge in [0.15, 0.2) is 0 Å². The van der Waals surface area contributed by atoms with Crippen molar-refractivity contribution in [2.45, 2.75) is 24.0 Å². The summed E-state index contributed by atoms with van der Waals surface area (Å²) in [6, 6.07) is 6.32. The number of nitrogens with zero attached hydrogens (tertiary/aromatic N) is 2. The predicted octanol–water partition coefficient (Wildman–Crippen LogP) is 2.04. The molecule has 2 amide bonds. The van der Waals surface area contributed by atoms with Crippen LogP contribution in [0.3, 0.4) is 0 Å². The highest BCUT2D eigenvalue weighted by Gasteiger charge is 2.38. The molecule has 0 aliphatic carbocycles. The normalized spacial score (nSPS) is 24.5. The van der Waals surface area contributed by atoms with Crippen LogP contribution < -0.4 is 0 Å². The van der Waals surface area contributed by atoms with Crippen molar-refractivity contribution in [2.75, 3.05) is 32.8 Å². The smallest absolute Gasteiger partial charge is 0.236 e. The number of benzene rings is 1. The molecule has 7 heteroatoms. The molecule has 1 aromatic carbocycles. The molecule has 0 radical (unpaired) electrons. The van der Waals surface area contributed by atoms with Crippen LogP contribution in [0.25, 0.3) is 0 Å². The summed E-state index contributed by atoms with van der Waals surface area (Å²) in [6.07, 6.45) is 0.283. The van der Waals surface area contributed by atoms with Gasteiger partial charge in [-0.2, -0.15) is 0 Å². The predicted molar refractivity (Wildman–Crippen MR) is 89.9 cm³/mol. The van der Waals surface area contributed by atoms with Gasteiger partial charge in [0.1, 0.15) is 11.2 Å². The van der Waals surface area contributed by atoms with E-state index in [1.807, 2.05) is 13.0 Å². The van der Waals surface area contributed by atoms with Gasteiger partial charge in [-0.3, -0.25) is 9.59 Å². The monoisotopic (exact) mass is 352 g/mol. The molecule has 2 atom stereocenters. The second-order valence-corrected chi connectivity index (χ2v) is 7.39. The number of morpholine rings is 1. The molecule has 2 aliphatic heterocycles. The van der Waals surface area contributed by atoms with Crippen molar-refractivity contribution in [1.82, 2.24) is 9.80 Å². The standard InChI is InChI=1S/C17H21FN2O3S/c1-12-16(22)20(6-5-15(21)19-7-9-23-10-8-19)17(24-12)13-3-2-4-14(18)11-13/h2-4,11-12,17H,5-10H2,1H3/t12-,17+/m0/s1. The molecule has 1 aromatic rings. The van der Waals surface area contributed by atoms with Crippen LogP contribution in [0.15, 0.2) is 24.3 Å². The molecule has 24 heavy (non-hydrogen) atoms. The van der Waals surface area contributed by atoms with E-state index in [2.05, 4.69) is 0 Å². The maximum absolute atomic E-state index is 13.5. The molecule has 0 unspecified atom stereocenters. The molecular formula is C17H21FN2O3S. The van der Waals surface area contributed by atoms with Gasteiger partial charge in [-0.1, -0.05) is 12.1 Å².